The van der Waals surface area contributed by atoms with Gasteiger partial charge in [-0.15, -0.1) is 45.3 Å². The molecular weight excluding hydrogens is 1220 g/mol. The fourth-order valence-electron chi connectivity index (χ4n) is 8.37. The Morgan fingerprint density at radius 1 is 0.747 bits per heavy atom. The summed E-state index contributed by atoms with van der Waals surface area (Å²) >= 11 is 5.80. The summed E-state index contributed by atoms with van der Waals surface area (Å²) in [7, 11) is 2.87. The van der Waals surface area contributed by atoms with Crippen molar-refractivity contribution in [1.29, 1.82) is 0 Å². The number of carbonyl (C=O) groups excluding carboxylic acids is 8. The molecule has 0 radical (unpaired) electrons. The SMILES string of the molecule is CNC(=O)C[C@@H]1NC(=O)c2csc(n2)-c2ccc(-c3nc(NC(=O)CCCCNC(=O)OC(C)(C)C)cs3)nc2-c2csc(n2)-c2csc(n2)C([C@@H](OC(C)=O)c2ccccc2)NC(=O)CNC(=O)c2nc(sc2COC)NC(=O)C(=C(C)C)N=C1C. The number of pyridine rings is 1. The van der Waals surface area contributed by atoms with Gasteiger partial charge >= 0.3 is 12.1 Å². The van der Waals surface area contributed by atoms with E-state index in [-0.39, 0.29) is 53.3 Å². The summed E-state index contributed by atoms with van der Waals surface area (Å²) in [5.41, 5.74) is 2.46. The molecule has 1 unspecified atom stereocenters. The van der Waals surface area contributed by atoms with Crippen LogP contribution in [0.25, 0.3) is 43.4 Å². The van der Waals surface area contributed by atoms with Crippen LogP contribution >= 0.6 is 56.7 Å². The van der Waals surface area contributed by atoms with Crippen LogP contribution in [0.1, 0.15) is 123 Å². The predicted octanol–water partition coefficient (Wildman–Crippen LogP) is 8.65. The first-order chi connectivity index (χ1) is 41.6. The number of benzene rings is 1. The highest BCUT2D eigenvalue weighted by molar-refractivity contribution is 7.16. The number of aromatic nitrogens is 6. The lowest BCUT2D eigenvalue weighted by atomic mass is 10.0. The maximum absolute atomic E-state index is 14.3. The van der Waals surface area contributed by atoms with Crippen molar-refractivity contribution in [1.82, 2.24) is 56.5 Å². The molecule has 7 N–H and O–H groups in total. The van der Waals surface area contributed by atoms with Crippen LogP contribution < -0.4 is 37.2 Å². The molecule has 0 saturated carbocycles. The summed E-state index contributed by atoms with van der Waals surface area (Å²) in [5.74, 6) is -3.81. The van der Waals surface area contributed by atoms with Crippen molar-refractivity contribution in [3.63, 3.8) is 0 Å². The van der Waals surface area contributed by atoms with E-state index in [1.165, 1.54) is 55.1 Å². The summed E-state index contributed by atoms with van der Waals surface area (Å²) in [6.07, 6.45) is -0.652. The molecule has 0 saturated heterocycles. The second kappa shape index (κ2) is 29.2. The second-order valence-corrected chi connectivity index (χ2v) is 25.1. The van der Waals surface area contributed by atoms with Gasteiger partial charge in [0.25, 0.3) is 17.7 Å². The number of anilines is 2. The molecule has 25 nitrogen and oxygen atoms in total. The zero-order valence-corrected chi connectivity index (χ0v) is 52.8. The van der Waals surface area contributed by atoms with Crippen LogP contribution in [-0.4, -0.2) is 122 Å². The largest absolute Gasteiger partial charge is 0.455 e. The number of unbranched alkanes of at least 4 members (excludes halogenated alkanes) is 1. The maximum Gasteiger partial charge on any atom is 0.407 e. The Labute approximate surface area is 519 Å². The Kier molecular flexibility index (Phi) is 21.7. The van der Waals surface area contributed by atoms with Gasteiger partial charge in [0.2, 0.25) is 17.7 Å². The van der Waals surface area contributed by atoms with Gasteiger partial charge in [-0.1, -0.05) is 41.7 Å². The van der Waals surface area contributed by atoms with Gasteiger partial charge in [-0.05, 0) is 77.7 Å². The lowest BCUT2D eigenvalue weighted by Crippen LogP contribution is -2.43. The minimum absolute atomic E-state index is 0.00123. The third-order valence-corrected chi connectivity index (χ3v) is 16.9. The normalized spacial score (nSPS) is 15.4. The molecule has 7 amide bonds. The average molecular weight is 1280 g/mol. The first-order valence-corrected chi connectivity index (χ1v) is 31.3. The highest BCUT2D eigenvalue weighted by Gasteiger charge is 2.33. The molecule has 87 heavy (non-hydrogen) atoms. The van der Waals surface area contributed by atoms with Gasteiger partial charge in [-0.2, -0.15) is 0 Å². The molecule has 8 rings (SSSR count). The van der Waals surface area contributed by atoms with Gasteiger partial charge in [0.05, 0.1) is 36.2 Å². The molecule has 7 heterocycles. The van der Waals surface area contributed by atoms with Crippen LogP contribution in [0, 0.1) is 0 Å². The Morgan fingerprint density at radius 3 is 2.18 bits per heavy atom. The molecule has 30 heteroatoms. The number of nitrogens with one attached hydrogen (secondary N) is 7. The van der Waals surface area contributed by atoms with Gasteiger partial charge in [0.15, 0.2) is 11.2 Å². The van der Waals surface area contributed by atoms with Gasteiger partial charge in [-0.3, -0.25) is 43.9 Å². The number of methoxy groups -OCH3 is 1. The number of hydrogen-bond donors (Lipinski definition) is 7. The van der Waals surface area contributed by atoms with E-state index in [0.29, 0.717) is 89.6 Å². The molecule has 456 valence electrons. The number of amides is 7. The Balaban J connectivity index is 1.17. The highest BCUT2D eigenvalue weighted by atomic mass is 32.1. The Morgan fingerprint density at radius 2 is 1.46 bits per heavy atom. The topological polar surface area (TPSA) is 338 Å². The van der Waals surface area contributed by atoms with Crippen molar-refractivity contribution >= 4 is 121 Å². The summed E-state index contributed by atoms with van der Waals surface area (Å²) < 4.78 is 16.6. The third-order valence-electron chi connectivity index (χ3n) is 12.4. The molecule has 7 aromatic rings. The van der Waals surface area contributed by atoms with Crippen molar-refractivity contribution in [3.8, 4) is 43.4 Å². The van der Waals surface area contributed by atoms with E-state index in [0.717, 1.165) is 22.7 Å². The molecule has 0 fully saturated rings. The summed E-state index contributed by atoms with van der Waals surface area (Å²) in [6.45, 7) is 11.2. The van der Waals surface area contributed by atoms with Gasteiger partial charge < -0.3 is 46.1 Å². The number of aliphatic imine (C=N–C) groups is 1. The molecular formula is C57H62N14O11S5. The number of thiazole rings is 5. The predicted molar refractivity (Wildman–Crippen MR) is 332 cm³/mol. The second-order valence-electron chi connectivity index (χ2n) is 20.6. The van der Waals surface area contributed by atoms with Gasteiger partial charge in [0, 0.05) is 66.8 Å². The third kappa shape index (κ3) is 17.3. The van der Waals surface area contributed by atoms with Crippen molar-refractivity contribution < 1.29 is 52.6 Å². The minimum Gasteiger partial charge on any atom is -0.455 e. The van der Waals surface area contributed by atoms with Gasteiger partial charge in [0.1, 0.15) is 71.7 Å². The molecule has 1 aromatic carbocycles. The molecule has 6 aromatic heterocycles. The first kappa shape index (κ1) is 64.4. The average Bonchev–Trinajstić information content (AvgIpc) is 2.71. The molecule has 3 atom stereocenters. The quantitative estimate of drug-likeness (QED) is 0.0304. The number of ether oxygens (including phenoxy) is 3. The van der Waals surface area contributed by atoms with Crippen molar-refractivity contribution in [2.75, 3.05) is 37.9 Å². The van der Waals surface area contributed by atoms with E-state index in [1.807, 2.05) is 0 Å². The molecule has 1 aliphatic heterocycles. The van der Waals surface area contributed by atoms with Crippen LogP contribution in [0.4, 0.5) is 15.7 Å². The van der Waals surface area contributed by atoms with Crippen LogP contribution in [0.15, 0.2) is 80.2 Å². The van der Waals surface area contributed by atoms with Crippen LogP contribution in [0.2, 0.25) is 0 Å². The summed E-state index contributed by atoms with van der Waals surface area (Å²) in [5, 5.41) is 27.6. The standard InChI is InChI=1S/C57H62N14O11S5/c1-28(2)43-50(78)71-55-70-45(38(87-55)23-80-9)49(77)60-22-42(75)69-46(47(81-30(4)72)31-15-11-10-12-16-31)54-66-37(26-85-54)53-64-35(24-84-53)44-32(51-65-36(25-83-51)48(76)63-34(29(3)61-43)21-41(74)58-8)18-19-33(62-44)52-68-39(27-86-52)67-40(73)17-13-14-20-59-56(79)82-57(5,6)7/h10-12,15-16,18-19,24-27,34,46-47H,13-14,17,20-23H2,1-9H3,(H,58,74)(H,59,79)(H,60,77)(H,63,76)(H,67,73)(H,69,75)(H,70,71,78)/t34-,46?,47-/m0/s1. The molecule has 1 aliphatic rings. The van der Waals surface area contributed by atoms with E-state index in [4.69, 9.17) is 39.1 Å². The Bertz CT molecular complexity index is 3760. The van der Waals surface area contributed by atoms with E-state index in [2.05, 4.69) is 47.2 Å². The van der Waals surface area contributed by atoms with E-state index < -0.39 is 71.9 Å². The Hall–Kier alpha value is -8.55. The molecule has 0 spiro atoms. The monoisotopic (exact) mass is 1280 g/mol. The van der Waals surface area contributed by atoms with E-state index >= 15 is 0 Å². The fraction of sp³-hybridized carbons (Fsp3) is 0.351. The number of hydrogen-bond acceptors (Lipinski definition) is 23. The van der Waals surface area contributed by atoms with E-state index in [9.17, 15) is 38.4 Å². The number of rotatable bonds is 14. The first-order valence-electron chi connectivity index (χ1n) is 27.0. The number of nitrogens with zero attached hydrogens (tertiary/aromatic N) is 7. The number of carbonyl (C=O) groups is 8. The minimum atomic E-state index is -1.09. The summed E-state index contributed by atoms with van der Waals surface area (Å²) in [6, 6.07) is 10.2. The molecule has 0 aliphatic carbocycles. The van der Waals surface area contributed by atoms with E-state index in [1.54, 1.807) is 106 Å². The van der Waals surface area contributed by atoms with Crippen molar-refractivity contribution in [2.45, 2.75) is 105 Å². The molecule has 8 bridgehead atoms. The number of fused-ring (bicyclic) bond motifs is 12. The van der Waals surface area contributed by atoms with Crippen LogP contribution in [0.3, 0.4) is 0 Å². The fourth-order valence-corrected chi connectivity index (χ4v) is 12.6. The van der Waals surface area contributed by atoms with Crippen molar-refractivity contribution in [2.24, 2.45) is 4.99 Å². The summed E-state index contributed by atoms with van der Waals surface area (Å²) in [4.78, 5) is 141. The zero-order valence-electron chi connectivity index (χ0n) is 48.7. The van der Waals surface area contributed by atoms with Gasteiger partial charge in [-0.25, -0.2) is 34.7 Å². The van der Waals surface area contributed by atoms with Crippen LogP contribution in [-0.2, 0) is 44.8 Å². The number of allylic oxidation sites excluding steroid dienone is 1. The maximum atomic E-state index is 14.3. The zero-order chi connectivity index (χ0) is 62.5. The smallest absolute Gasteiger partial charge is 0.407 e. The highest BCUT2D eigenvalue weighted by Crippen LogP contribution is 2.40. The lowest BCUT2D eigenvalue weighted by molar-refractivity contribution is -0.149. The van der Waals surface area contributed by atoms with Crippen molar-refractivity contribution in [3.05, 3.63) is 102 Å². The lowest BCUT2D eigenvalue weighted by Gasteiger charge is -2.26. The number of esters is 1. The number of alkyl carbamates (subject to hydrolysis) is 1. The van der Waals surface area contributed by atoms with Crippen LogP contribution in [0.5, 0.6) is 0 Å².